The molecule has 0 spiro atoms. The summed E-state index contributed by atoms with van der Waals surface area (Å²) in [6.07, 6.45) is 0. The number of benzene rings is 2. The standard InChI is InChI=1S/C15H18N2O/c1-11(16)15(18)17(2)10-13-8-5-7-12-6-3-4-9-14(12)13/h3-9,11H,10,16H2,1-2H3/t11-/m0/s1. The van der Waals surface area contributed by atoms with Gasteiger partial charge in [0.2, 0.25) is 5.91 Å². The van der Waals surface area contributed by atoms with Crippen molar-refractivity contribution in [1.29, 1.82) is 0 Å². The fourth-order valence-electron chi connectivity index (χ4n) is 2.11. The number of hydrogen-bond donors (Lipinski definition) is 1. The molecule has 0 unspecified atom stereocenters. The largest absolute Gasteiger partial charge is 0.340 e. The summed E-state index contributed by atoms with van der Waals surface area (Å²) in [6, 6.07) is 13.9. The van der Waals surface area contributed by atoms with E-state index in [0.29, 0.717) is 6.54 Å². The van der Waals surface area contributed by atoms with Crippen LogP contribution in [0.15, 0.2) is 42.5 Å². The number of nitrogens with zero attached hydrogens (tertiary/aromatic N) is 1. The van der Waals surface area contributed by atoms with E-state index < -0.39 is 6.04 Å². The Morgan fingerprint density at radius 3 is 2.61 bits per heavy atom. The number of likely N-dealkylation sites (N-methyl/N-ethyl adjacent to an activating group) is 1. The summed E-state index contributed by atoms with van der Waals surface area (Å²) in [5, 5.41) is 2.38. The molecular weight excluding hydrogens is 224 g/mol. The van der Waals surface area contributed by atoms with Crippen molar-refractivity contribution in [3.63, 3.8) is 0 Å². The van der Waals surface area contributed by atoms with E-state index in [-0.39, 0.29) is 5.91 Å². The number of carbonyl (C=O) groups is 1. The second-order valence-corrected chi connectivity index (χ2v) is 4.62. The molecule has 2 N–H and O–H groups in total. The van der Waals surface area contributed by atoms with Gasteiger partial charge >= 0.3 is 0 Å². The van der Waals surface area contributed by atoms with Gasteiger partial charge in [-0.15, -0.1) is 0 Å². The second-order valence-electron chi connectivity index (χ2n) is 4.62. The summed E-state index contributed by atoms with van der Waals surface area (Å²) < 4.78 is 0. The molecular formula is C15H18N2O. The van der Waals surface area contributed by atoms with E-state index in [0.717, 1.165) is 5.56 Å². The zero-order valence-corrected chi connectivity index (χ0v) is 10.8. The Hall–Kier alpha value is -1.87. The first-order chi connectivity index (χ1) is 8.59. The zero-order chi connectivity index (χ0) is 13.1. The predicted molar refractivity (Wildman–Crippen MR) is 74.1 cm³/mol. The molecule has 1 atom stereocenters. The molecule has 0 saturated heterocycles. The maximum atomic E-state index is 11.8. The van der Waals surface area contributed by atoms with E-state index in [4.69, 9.17) is 5.73 Å². The predicted octanol–water partition coefficient (Wildman–Crippen LogP) is 2.15. The van der Waals surface area contributed by atoms with Gasteiger partial charge in [0.05, 0.1) is 6.04 Å². The molecule has 2 aromatic carbocycles. The molecule has 0 aliphatic rings. The van der Waals surface area contributed by atoms with E-state index in [2.05, 4.69) is 18.2 Å². The van der Waals surface area contributed by atoms with Gasteiger partial charge in [0.1, 0.15) is 0 Å². The van der Waals surface area contributed by atoms with Crippen molar-refractivity contribution in [2.24, 2.45) is 5.73 Å². The Bertz CT molecular complexity index is 558. The van der Waals surface area contributed by atoms with Gasteiger partial charge in [0.15, 0.2) is 0 Å². The molecule has 0 bridgehead atoms. The van der Waals surface area contributed by atoms with E-state index in [1.807, 2.05) is 24.3 Å². The quantitative estimate of drug-likeness (QED) is 0.896. The average Bonchev–Trinajstić information content (AvgIpc) is 2.38. The molecule has 2 aromatic rings. The highest BCUT2D eigenvalue weighted by Crippen LogP contribution is 2.19. The molecule has 0 aliphatic carbocycles. The molecule has 0 aliphatic heterocycles. The summed E-state index contributed by atoms with van der Waals surface area (Å²) in [5.74, 6) is -0.0389. The van der Waals surface area contributed by atoms with Gasteiger partial charge in [-0.1, -0.05) is 42.5 Å². The van der Waals surface area contributed by atoms with Gasteiger partial charge in [0.25, 0.3) is 0 Å². The molecule has 0 saturated carbocycles. The third-order valence-corrected chi connectivity index (χ3v) is 3.05. The van der Waals surface area contributed by atoms with E-state index >= 15 is 0 Å². The van der Waals surface area contributed by atoms with E-state index in [1.54, 1.807) is 18.9 Å². The average molecular weight is 242 g/mol. The van der Waals surface area contributed by atoms with Crippen LogP contribution in [0, 0.1) is 0 Å². The molecule has 1 amide bonds. The minimum atomic E-state index is -0.454. The number of carbonyl (C=O) groups excluding carboxylic acids is 1. The van der Waals surface area contributed by atoms with Crippen molar-refractivity contribution in [2.45, 2.75) is 19.5 Å². The summed E-state index contributed by atoms with van der Waals surface area (Å²) in [7, 11) is 1.79. The van der Waals surface area contributed by atoms with Crippen molar-refractivity contribution in [3.8, 4) is 0 Å². The molecule has 3 heteroatoms. The molecule has 0 radical (unpaired) electrons. The van der Waals surface area contributed by atoms with Gasteiger partial charge in [-0.25, -0.2) is 0 Å². The second kappa shape index (κ2) is 5.19. The number of fused-ring (bicyclic) bond motifs is 1. The third kappa shape index (κ3) is 2.51. The summed E-state index contributed by atoms with van der Waals surface area (Å²) in [4.78, 5) is 13.5. The summed E-state index contributed by atoms with van der Waals surface area (Å²) in [5.41, 5.74) is 6.76. The Morgan fingerprint density at radius 2 is 1.89 bits per heavy atom. The lowest BCUT2D eigenvalue weighted by molar-refractivity contribution is -0.131. The molecule has 0 fully saturated rings. The van der Waals surface area contributed by atoms with Crippen molar-refractivity contribution >= 4 is 16.7 Å². The van der Waals surface area contributed by atoms with Crippen LogP contribution in [0.25, 0.3) is 10.8 Å². The smallest absolute Gasteiger partial charge is 0.239 e. The Balaban J connectivity index is 2.29. The fourth-order valence-corrected chi connectivity index (χ4v) is 2.11. The SMILES string of the molecule is C[C@H](N)C(=O)N(C)Cc1cccc2ccccc12. The molecule has 3 nitrogen and oxygen atoms in total. The first-order valence-electron chi connectivity index (χ1n) is 6.07. The molecule has 0 heterocycles. The number of hydrogen-bond acceptors (Lipinski definition) is 2. The molecule has 94 valence electrons. The van der Waals surface area contributed by atoms with Crippen LogP contribution in [-0.2, 0) is 11.3 Å². The lowest BCUT2D eigenvalue weighted by Gasteiger charge is -2.20. The number of rotatable bonds is 3. The van der Waals surface area contributed by atoms with Crippen LogP contribution < -0.4 is 5.73 Å². The highest BCUT2D eigenvalue weighted by Gasteiger charge is 2.14. The Labute approximate surface area is 107 Å². The fraction of sp³-hybridized carbons (Fsp3) is 0.267. The van der Waals surface area contributed by atoms with Gasteiger partial charge in [-0.05, 0) is 23.3 Å². The van der Waals surface area contributed by atoms with Gasteiger partial charge < -0.3 is 10.6 Å². The topological polar surface area (TPSA) is 46.3 Å². The lowest BCUT2D eigenvalue weighted by atomic mass is 10.0. The van der Waals surface area contributed by atoms with Crippen LogP contribution in [0.5, 0.6) is 0 Å². The Kier molecular flexibility index (Phi) is 3.63. The van der Waals surface area contributed by atoms with Crippen LogP contribution >= 0.6 is 0 Å². The molecule has 0 aromatic heterocycles. The number of nitrogens with two attached hydrogens (primary N) is 1. The normalized spacial score (nSPS) is 12.4. The first-order valence-corrected chi connectivity index (χ1v) is 6.07. The van der Waals surface area contributed by atoms with Crippen molar-refractivity contribution in [3.05, 3.63) is 48.0 Å². The highest BCUT2D eigenvalue weighted by molar-refractivity contribution is 5.86. The molecule has 18 heavy (non-hydrogen) atoms. The minimum absolute atomic E-state index is 0.0389. The van der Waals surface area contributed by atoms with Gasteiger partial charge in [-0.3, -0.25) is 4.79 Å². The van der Waals surface area contributed by atoms with Crippen LogP contribution in [0.3, 0.4) is 0 Å². The maximum Gasteiger partial charge on any atom is 0.239 e. The van der Waals surface area contributed by atoms with E-state index in [1.165, 1.54) is 10.8 Å². The first kappa shape index (κ1) is 12.6. The van der Waals surface area contributed by atoms with Crippen LogP contribution in [0.2, 0.25) is 0 Å². The van der Waals surface area contributed by atoms with Crippen molar-refractivity contribution in [2.75, 3.05) is 7.05 Å². The highest BCUT2D eigenvalue weighted by atomic mass is 16.2. The molecule has 2 rings (SSSR count). The lowest BCUT2D eigenvalue weighted by Crippen LogP contribution is -2.39. The monoisotopic (exact) mass is 242 g/mol. The van der Waals surface area contributed by atoms with Gasteiger partial charge in [-0.2, -0.15) is 0 Å². The third-order valence-electron chi connectivity index (χ3n) is 3.05. The summed E-state index contributed by atoms with van der Waals surface area (Å²) in [6.45, 7) is 2.30. The van der Waals surface area contributed by atoms with Crippen LogP contribution in [0.1, 0.15) is 12.5 Å². The maximum absolute atomic E-state index is 11.8. The van der Waals surface area contributed by atoms with Crippen LogP contribution in [-0.4, -0.2) is 23.9 Å². The minimum Gasteiger partial charge on any atom is -0.340 e. The zero-order valence-electron chi connectivity index (χ0n) is 10.8. The summed E-state index contributed by atoms with van der Waals surface area (Å²) >= 11 is 0. The van der Waals surface area contributed by atoms with Crippen LogP contribution in [0.4, 0.5) is 0 Å². The van der Waals surface area contributed by atoms with E-state index in [9.17, 15) is 4.79 Å². The van der Waals surface area contributed by atoms with Crippen molar-refractivity contribution < 1.29 is 4.79 Å². The van der Waals surface area contributed by atoms with Crippen molar-refractivity contribution in [1.82, 2.24) is 4.90 Å². The Morgan fingerprint density at radius 1 is 1.22 bits per heavy atom. The number of amides is 1. The van der Waals surface area contributed by atoms with Gasteiger partial charge in [0, 0.05) is 13.6 Å².